The molecule has 18 heavy (non-hydrogen) atoms. The van der Waals surface area contributed by atoms with Crippen LogP contribution in [0.5, 0.6) is 0 Å². The molecule has 0 radical (unpaired) electrons. The molecule has 1 saturated carbocycles. The van der Waals surface area contributed by atoms with Gasteiger partial charge in [0.15, 0.2) is 0 Å². The minimum absolute atomic E-state index is 0.208. The standard InChI is InChI=1S/C13H22N4O/c18-13(9-11-5-2-1-3-6-11)14-8-4-7-12-15-10-16-17-12/h10-11H,1-9H2,(H,14,18)(H,15,16,17). The molecule has 5 nitrogen and oxygen atoms in total. The summed E-state index contributed by atoms with van der Waals surface area (Å²) in [6, 6.07) is 0. The van der Waals surface area contributed by atoms with Gasteiger partial charge in [-0.25, -0.2) is 4.98 Å². The largest absolute Gasteiger partial charge is 0.356 e. The van der Waals surface area contributed by atoms with Gasteiger partial charge in [-0.05, 0) is 25.2 Å². The number of rotatable bonds is 6. The van der Waals surface area contributed by atoms with Crippen molar-refractivity contribution in [1.29, 1.82) is 0 Å². The second-order valence-electron chi connectivity index (χ2n) is 5.09. The lowest BCUT2D eigenvalue weighted by Crippen LogP contribution is -2.27. The van der Waals surface area contributed by atoms with E-state index in [1.807, 2.05) is 0 Å². The lowest BCUT2D eigenvalue weighted by Gasteiger charge is -2.20. The van der Waals surface area contributed by atoms with Gasteiger partial charge >= 0.3 is 0 Å². The van der Waals surface area contributed by atoms with Gasteiger partial charge in [0, 0.05) is 19.4 Å². The third-order valence-corrected chi connectivity index (χ3v) is 3.58. The lowest BCUT2D eigenvalue weighted by atomic mass is 9.87. The average Bonchev–Trinajstić information content (AvgIpc) is 2.89. The van der Waals surface area contributed by atoms with Crippen LogP contribution in [0.2, 0.25) is 0 Å². The number of aromatic amines is 1. The molecule has 1 aliphatic carbocycles. The Hall–Kier alpha value is -1.39. The van der Waals surface area contributed by atoms with E-state index in [4.69, 9.17) is 0 Å². The van der Waals surface area contributed by atoms with Crippen molar-refractivity contribution in [3.05, 3.63) is 12.2 Å². The van der Waals surface area contributed by atoms with Crippen LogP contribution in [0.1, 0.15) is 50.8 Å². The zero-order chi connectivity index (χ0) is 12.6. The quantitative estimate of drug-likeness (QED) is 0.757. The predicted octanol–water partition coefficient (Wildman–Crippen LogP) is 1.82. The molecule has 100 valence electrons. The molecule has 1 aromatic rings. The summed E-state index contributed by atoms with van der Waals surface area (Å²) >= 11 is 0. The fraction of sp³-hybridized carbons (Fsp3) is 0.769. The van der Waals surface area contributed by atoms with Crippen LogP contribution in [0.4, 0.5) is 0 Å². The van der Waals surface area contributed by atoms with Gasteiger partial charge in [0.1, 0.15) is 12.2 Å². The number of amides is 1. The van der Waals surface area contributed by atoms with Crippen molar-refractivity contribution < 1.29 is 4.79 Å². The van der Waals surface area contributed by atoms with Gasteiger partial charge in [-0.1, -0.05) is 19.3 Å². The monoisotopic (exact) mass is 250 g/mol. The van der Waals surface area contributed by atoms with Crippen molar-refractivity contribution in [2.24, 2.45) is 5.92 Å². The molecule has 0 saturated heterocycles. The zero-order valence-electron chi connectivity index (χ0n) is 10.8. The van der Waals surface area contributed by atoms with Gasteiger partial charge in [-0.15, -0.1) is 0 Å². The summed E-state index contributed by atoms with van der Waals surface area (Å²) in [6.45, 7) is 0.728. The number of hydrogen-bond acceptors (Lipinski definition) is 3. The molecule has 1 fully saturated rings. The number of hydrogen-bond donors (Lipinski definition) is 2. The molecule has 0 spiro atoms. The van der Waals surface area contributed by atoms with Gasteiger partial charge in [0.25, 0.3) is 0 Å². The van der Waals surface area contributed by atoms with E-state index >= 15 is 0 Å². The normalized spacial score (nSPS) is 16.7. The minimum atomic E-state index is 0.208. The molecule has 1 aliphatic rings. The fourth-order valence-corrected chi connectivity index (χ4v) is 2.56. The van der Waals surface area contributed by atoms with Crippen LogP contribution in [-0.4, -0.2) is 27.6 Å². The maximum absolute atomic E-state index is 11.7. The number of carbonyl (C=O) groups excluding carboxylic acids is 1. The minimum Gasteiger partial charge on any atom is -0.356 e. The van der Waals surface area contributed by atoms with E-state index in [0.29, 0.717) is 12.3 Å². The highest BCUT2D eigenvalue weighted by atomic mass is 16.1. The molecule has 0 aromatic carbocycles. The van der Waals surface area contributed by atoms with Crippen LogP contribution in [0.3, 0.4) is 0 Å². The highest BCUT2D eigenvalue weighted by Crippen LogP contribution is 2.25. The first-order chi connectivity index (χ1) is 8.84. The Kier molecular flexibility index (Phi) is 5.17. The van der Waals surface area contributed by atoms with Gasteiger partial charge in [-0.3, -0.25) is 9.89 Å². The van der Waals surface area contributed by atoms with Crippen LogP contribution in [0.25, 0.3) is 0 Å². The molecule has 2 N–H and O–H groups in total. The van der Waals surface area contributed by atoms with E-state index in [0.717, 1.165) is 25.2 Å². The van der Waals surface area contributed by atoms with Crippen LogP contribution in [0, 0.1) is 5.92 Å². The molecule has 1 aromatic heterocycles. The molecular weight excluding hydrogens is 228 g/mol. The van der Waals surface area contributed by atoms with Crippen molar-refractivity contribution in [2.45, 2.75) is 51.4 Å². The van der Waals surface area contributed by atoms with E-state index in [1.165, 1.54) is 38.4 Å². The number of carbonyl (C=O) groups is 1. The number of H-pyrrole nitrogens is 1. The van der Waals surface area contributed by atoms with Crippen molar-refractivity contribution in [3.63, 3.8) is 0 Å². The molecule has 1 heterocycles. The maximum Gasteiger partial charge on any atom is 0.220 e. The molecule has 1 amide bonds. The Morgan fingerprint density at radius 3 is 2.94 bits per heavy atom. The van der Waals surface area contributed by atoms with Gasteiger partial charge in [-0.2, -0.15) is 5.10 Å². The van der Waals surface area contributed by atoms with Crippen LogP contribution >= 0.6 is 0 Å². The fourth-order valence-electron chi connectivity index (χ4n) is 2.56. The first kappa shape index (κ1) is 13.1. The third-order valence-electron chi connectivity index (χ3n) is 3.58. The summed E-state index contributed by atoms with van der Waals surface area (Å²) in [6.07, 6.45) is 10.4. The van der Waals surface area contributed by atoms with Crippen molar-refractivity contribution in [3.8, 4) is 0 Å². The highest BCUT2D eigenvalue weighted by Gasteiger charge is 2.16. The Bertz CT molecular complexity index is 344. The highest BCUT2D eigenvalue weighted by molar-refractivity contribution is 5.76. The summed E-state index contributed by atoms with van der Waals surface area (Å²) in [4.78, 5) is 15.8. The lowest BCUT2D eigenvalue weighted by molar-refractivity contribution is -0.122. The number of aromatic nitrogens is 3. The molecule has 0 unspecified atom stereocenters. The smallest absolute Gasteiger partial charge is 0.220 e. The topological polar surface area (TPSA) is 70.7 Å². The first-order valence-corrected chi connectivity index (χ1v) is 6.95. The zero-order valence-corrected chi connectivity index (χ0v) is 10.8. The Morgan fingerprint density at radius 2 is 2.22 bits per heavy atom. The van der Waals surface area contributed by atoms with E-state index in [2.05, 4.69) is 20.5 Å². The van der Waals surface area contributed by atoms with Crippen LogP contribution in [0.15, 0.2) is 6.33 Å². The molecule has 0 atom stereocenters. The molecular formula is C13H22N4O. The number of nitrogens with zero attached hydrogens (tertiary/aromatic N) is 2. The molecule has 0 bridgehead atoms. The van der Waals surface area contributed by atoms with Crippen LogP contribution < -0.4 is 5.32 Å². The maximum atomic E-state index is 11.7. The Balaban J connectivity index is 1.54. The summed E-state index contributed by atoms with van der Waals surface area (Å²) in [5.41, 5.74) is 0. The molecule has 5 heteroatoms. The Morgan fingerprint density at radius 1 is 1.39 bits per heavy atom. The van der Waals surface area contributed by atoms with Crippen molar-refractivity contribution in [1.82, 2.24) is 20.5 Å². The van der Waals surface area contributed by atoms with E-state index < -0.39 is 0 Å². The van der Waals surface area contributed by atoms with Gasteiger partial charge in [0.2, 0.25) is 5.91 Å². The van der Waals surface area contributed by atoms with Crippen molar-refractivity contribution in [2.75, 3.05) is 6.54 Å². The van der Waals surface area contributed by atoms with Crippen LogP contribution in [-0.2, 0) is 11.2 Å². The van der Waals surface area contributed by atoms with E-state index in [-0.39, 0.29) is 5.91 Å². The SMILES string of the molecule is O=C(CC1CCCCC1)NCCCc1ncn[nH]1. The van der Waals surface area contributed by atoms with Gasteiger partial charge in [0.05, 0.1) is 0 Å². The predicted molar refractivity (Wildman–Crippen MR) is 68.9 cm³/mol. The second kappa shape index (κ2) is 7.13. The average molecular weight is 250 g/mol. The first-order valence-electron chi connectivity index (χ1n) is 6.95. The number of aryl methyl sites for hydroxylation is 1. The summed E-state index contributed by atoms with van der Waals surface area (Å²) in [5, 5.41) is 9.60. The van der Waals surface area contributed by atoms with Gasteiger partial charge < -0.3 is 5.32 Å². The molecule has 0 aliphatic heterocycles. The number of nitrogens with one attached hydrogen (secondary N) is 2. The second-order valence-corrected chi connectivity index (χ2v) is 5.09. The summed E-state index contributed by atoms with van der Waals surface area (Å²) in [7, 11) is 0. The third kappa shape index (κ3) is 4.47. The van der Waals surface area contributed by atoms with Crippen molar-refractivity contribution >= 4 is 5.91 Å². The summed E-state index contributed by atoms with van der Waals surface area (Å²) < 4.78 is 0. The Labute approximate surface area is 108 Å². The summed E-state index contributed by atoms with van der Waals surface area (Å²) in [5.74, 6) is 1.71. The molecule has 2 rings (SSSR count). The van der Waals surface area contributed by atoms with E-state index in [9.17, 15) is 4.79 Å². The van der Waals surface area contributed by atoms with E-state index in [1.54, 1.807) is 0 Å².